The van der Waals surface area contributed by atoms with Crippen LogP contribution in [-0.4, -0.2) is 5.91 Å². The van der Waals surface area contributed by atoms with Crippen molar-refractivity contribution in [3.63, 3.8) is 0 Å². The van der Waals surface area contributed by atoms with E-state index in [9.17, 15) is 4.79 Å². The quantitative estimate of drug-likeness (QED) is 0.834. The van der Waals surface area contributed by atoms with Gasteiger partial charge in [-0.2, -0.15) is 0 Å². The number of benzene rings is 1. The lowest BCUT2D eigenvalue weighted by Gasteiger charge is -2.04. The third kappa shape index (κ3) is 3.13. The van der Waals surface area contributed by atoms with E-state index in [2.05, 4.69) is 5.32 Å². The van der Waals surface area contributed by atoms with E-state index < -0.39 is 0 Å². The summed E-state index contributed by atoms with van der Waals surface area (Å²) in [6, 6.07) is 8.25. The second-order valence-electron chi connectivity index (χ2n) is 3.19. The van der Waals surface area contributed by atoms with Crippen molar-refractivity contribution in [3.8, 4) is 0 Å². The Morgan fingerprint density at radius 2 is 1.82 bits per heavy atom. The number of halogens is 3. The summed E-state index contributed by atoms with van der Waals surface area (Å²) in [5.74, 6) is -0.222. The normalized spacial score (nSPS) is 10.3. The van der Waals surface area contributed by atoms with E-state index >= 15 is 0 Å². The van der Waals surface area contributed by atoms with Crippen LogP contribution in [0.2, 0.25) is 14.4 Å². The Morgan fingerprint density at radius 1 is 1.06 bits per heavy atom. The maximum atomic E-state index is 11.8. The van der Waals surface area contributed by atoms with Gasteiger partial charge in [0.25, 0.3) is 5.91 Å². The molecule has 0 atom stereocenters. The molecule has 0 unspecified atom stereocenters. The van der Waals surface area contributed by atoms with Gasteiger partial charge in [0.1, 0.15) is 0 Å². The molecule has 0 bridgehead atoms. The first-order valence-electron chi connectivity index (χ1n) is 4.58. The predicted molar refractivity (Wildman–Crippen MR) is 73.7 cm³/mol. The van der Waals surface area contributed by atoms with Gasteiger partial charge in [0, 0.05) is 5.69 Å². The van der Waals surface area contributed by atoms with Crippen molar-refractivity contribution in [1.29, 1.82) is 0 Å². The number of carbonyl (C=O) groups is 1. The number of nitrogens with one attached hydrogen (secondary N) is 1. The highest BCUT2D eigenvalue weighted by molar-refractivity contribution is 7.18. The molecule has 1 aromatic carbocycles. The molecule has 0 aliphatic heterocycles. The average Bonchev–Trinajstić information content (AvgIpc) is 2.70. The lowest BCUT2D eigenvalue weighted by Crippen LogP contribution is -2.09. The van der Waals surface area contributed by atoms with E-state index in [1.54, 1.807) is 30.3 Å². The Labute approximate surface area is 117 Å². The topological polar surface area (TPSA) is 29.1 Å². The largest absolute Gasteiger partial charge is 0.321 e. The molecule has 88 valence electrons. The van der Waals surface area contributed by atoms with Gasteiger partial charge in [-0.1, -0.05) is 34.8 Å². The monoisotopic (exact) mass is 305 g/mol. The van der Waals surface area contributed by atoms with Gasteiger partial charge in [-0.25, -0.2) is 0 Å². The van der Waals surface area contributed by atoms with Crippen LogP contribution in [0.4, 0.5) is 5.69 Å². The predicted octanol–water partition coefficient (Wildman–Crippen LogP) is 4.96. The highest BCUT2D eigenvalue weighted by atomic mass is 35.5. The Bertz CT molecular complexity index is 568. The standard InChI is InChI=1S/C11H6Cl3NOS/c12-7-2-1-6(5-8(7)13)15-11(16)9-3-4-10(14)17-9/h1-5H,(H,15,16). The van der Waals surface area contributed by atoms with Gasteiger partial charge in [0.2, 0.25) is 0 Å². The molecule has 2 nitrogen and oxygen atoms in total. The van der Waals surface area contributed by atoms with Crippen LogP contribution in [0.1, 0.15) is 9.67 Å². The number of anilines is 1. The van der Waals surface area contributed by atoms with E-state index in [0.29, 0.717) is 24.9 Å². The zero-order valence-corrected chi connectivity index (χ0v) is 11.4. The fourth-order valence-corrected chi connectivity index (χ4v) is 2.44. The fraction of sp³-hybridized carbons (Fsp3) is 0. The lowest BCUT2D eigenvalue weighted by atomic mass is 10.3. The summed E-state index contributed by atoms with van der Waals surface area (Å²) in [5.41, 5.74) is 0.592. The lowest BCUT2D eigenvalue weighted by molar-refractivity contribution is 0.103. The first-order chi connectivity index (χ1) is 8.06. The highest BCUT2D eigenvalue weighted by Gasteiger charge is 2.09. The van der Waals surface area contributed by atoms with E-state index in [1.165, 1.54) is 11.3 Å². The number of amides is 1. The Morgan fingerprint density at radius 3 is 2.41 bits per heavy atom. The van der Waals surface area contributed by atoms with Crippen molar-refractivity contribution >= 4 is 57.7 Å². The molecule has 0 spiro atoms. The van der Waals surface area contributed by atoms with Crippen LogP contribution in [0.5, 0.6) is 0 Å². The Balaban J connectivity index is 2.15. The maximum absolute atomic E-state index is 11.8. The average molecular weight is 307 g/mol. The molecule has 0 radical (unpaired) electrons. The fourth-order valence-electron chi connectivity index (χ4n) is 1.20. The van der Waals surface area contributed by atoms with E-state index in [-0.39, 0.29) is 5.91 Å². The van der Waals surface area contributed by atoms with Crippen molar-refractivity contribution in [3.05, 3.63) is 49.6 Å². The summed E-state index contributed by atoms with van der Waals surface area (Å²) < 4.78 is 0.573. The van der Waals surface area contributed by atoms with E-state index in [0.717, 1.165) is 0 Å². The van der Waals surface area contributed by atoms with Gasteiger partial charge in [-0.15, -0.1) is 11.3 Å². The van der Waals surface area contributed by atoms with Crippen LogP contribution < -0.4 is 5.32 Å². The molecule has 0 aliphatic carbocycles. The summed E-state index contributed by atoms with van der Waals surface area (Å²) in [4.78, 5) is 12.3. The number of hydrogen-bond acceptors (Lipinski definition) is 2. The van der Waals surface area contributed by atoms with Gasteiger partial charge in [0.05, 0.1) is 19.3 Å². The SMILES string of the molecule is O=C(Nc1ccc(Cl)c(Cl)c1)c1ccc(Cl)s1. The number of rotatable bonds is 2. The molecule has 2 rings (SSSR count). The molecule has 6 heteroatoms. The van der Waals surface area contributed by atoms with Crippen LogP contribution in [0.15, 0.2) is 30.3 Å². The van der Waals surface area contributed by atoms with E-state index in [4.69, 9.17) is 34.8 Å². The number of hydrogen-bond donors (Lipinski definition) is 1. The van der Waals surface area contributed by atoms with Crippen LogP contribution in [0, 0.1) is 0 Å². The Hall–Kier alpha value is -0.740. The molecular weight excluding hydrogens is 301 g/mol. The summed E-state index contributed by atoms with van der Waals surface area (Å²) in [7, 11) is 0. The Kier molecular flexibility index (Phi) is 3.94. The summed E-state index contributed by atoms with van der Waals surface area (Å²) in [6.07, 6.45) is 0. The van der Waals surface area contributed by atoms with Gasteiger partial charge in [0.15, 0.2) is 0 Å². The van der Waals surface area contributed by atoms with Crippen molar-refractivity contribution in [2.45, 2.75) is 0 Å². The van der Waals surface area contributed by atoms with Crippen LogP contribution in [0.25, 0.3) is 0 Å². The highest BCUT2D eigenvalue weighted by Crippen LogP contribution is 2.26. The molecule has 1 heterocycles. The van der Waals surface area contributed by atoms with Crippen LogP contribution in [0.3, 0.4) is 0 Å². The maximum Gasteiger partial charge on any atom is 0.265 e. The molecule has 1 aromatic heterocycles. The molecule has 0 fully saturated rings. The van der Waals surface area contributed by atoms with Gasteiger partial charge < -0.3 is 5.32 Å². The van der Waals surface area contributed by atoms with Gasteiger partial charge in [-0.05, 0) is 30.3 Å². The third-order valence-corrected chi connectivity index (χ3v) is 3.94. The molecule has 0 saturated carbocycles. The van der Waals surface area contributed by atoms with Gasteiger partial charge >= 0.3 is 0 Å². The van der Waals surface area contributed by atoms with Crippen LogP contribution in [-0.2, 0) is 0 Å². The van der Waals surface area contributed by atoms with Crippen LogP contribution >= 0.6 is 46.1 Å². The molecule has 0 saturated heterocycles. The molecule has 1 N–H and O–H groups in total. The molecule has 2 aromatic rings. The smallest absolute Gasteiger partial charge is 0.265 e. The second-order valence-corrected chi connectivity index (χ2v) is 5.72. The molecule has 0 aliphatic rings. The minimum Gasteiger partial charge on any atom is -0.321 e. The molecular formula is C11H6Cl3NOS. The van der Waals surface area contributed by atoms with E-state index in [1.807, 2.05) is 0 Å². The minimum atomic E-state index is -0.222. The number of thiophene rings is 1. The zero-order chi connectivity index (χ0) is 12.4. The summed E-state index contributed by atoms with van der Waals surface area (Å²) in [5, 5.41) is 3.55. The minimum absolute atomic E-state index is 0.222. The van der Waals surface area contributed by atoms with Gasteiger partial charge in [-0.3, -0.25) is 4.79 Å². The zero-order valence-electron chi connectivity index (χ0n) is 8.34. The molecule has 17 heavy (non-hydrogen) atoms. The second kappa shape index (κ2) is 5.27. The van der Waals surface area contributed by atoms with Crippen molar-refractivity contribution in [1.82, 2.24) is 0 Å². The van der Waals surface area contributed by atoms with Crippen molar-refractivity contribution in [2.75, 3.05) is 5.32 Å². The third-order valence-electron chi connectivity index (χ3n) is 1.97. The summed E-state index contributed by atoms with van der Waals surface area (Å²) >= 11 is 18.6. The first-order valence-corrected chi connectivity index (χ1v) is 6.53. The molecule has 1 amide bonds. The number of carbonyl (C=O) groups excluding carboxylic acids is 1. The van der Waals surface area contributed by atoms with Crippen molar-refractivity contribution < 1.29 is 4.79 Å². The summed E-state index contributed by atoms with van der Waals surface area (Å²) in [6.45, 7) is 0. The first kappa shape index (κ1) is 12.7. The van der Waals surface area contributed by atoms with Crippen molar-refractivity contribution in [2.24, 2.45) is 0 Å².